The molecule has 0 saturated carbocycles. The molecule has 0 bridgehead atoms. The number of hydrogen-bond acceptors (Lipinski definition) is 3. The number of carbonyl (C=O) groups is 2. The maximum Gasteiger partial charge on any atom is 0.315 e. The highest BCUT2D eigenvalue weighted by Gasteiger charge is 2.09. The van der Waals surface area contributed by atoms with E-state index in [1.807, 2.05) is 19.1 Å². The molecule has 1 unspecified atom stereocenters. The van der Waals surface area contributed by atoms with Crippen LogP contribution in [0, 0.1) is 0 Å². The van der Waals surface area contributed by atoms with Gasteiger partial charge in [0, 0.05) is 26.3 Å². The number of aliphatic carboxylic acids is 1. The van der Waals surface area contributed by atoms with Gasteiger partial charge in [-0.3, -0.25) is 4.79 Å². The average molecular weight is 294 g/mol. The number of rotatable bonds is 8. The first kappa shape index (κ1) is 17.0. The Morgan fingerprint density at radius 1 is 1.29 bits per heavy atom. The number of methoxy groups -OCH3 is 1. The third kappa shape index (κ3) is 6.76. The third-order valence-electron chi connectivity index (χ3n) is 3.03. The number of amides is 2. The predicted molar refractivity (Wildman–Crippen MR) is 79.1 cm³/mol. The Hall–Kier alpha value is -2.08. The van der Waals surface area contributed by atoms with E-state index < -0.39 is 5.97 Å². The molecule has 0 aliphatic rings. The maximum atomic E-state index is 11.7. The molecule has 1 rings (SSSR count). The molecule has 0 spiro atoms. The largest absolute Gasteiger partial charge is 0.481 e. The SMILES string of the molecule is COCCC(C)NC(=O)NCc1ccccc1CC(=O)O. The van der Waals surface area contributed by atoms with E-state index in [-0.39, 0.29) is 18.5 Å². The van der Waals surface area contributed by atoms with Gasteiger partial charge in [-0.2, -0.15) is 0 Å². The van der Waals surface area contributed by atoms with E-state index in [9.17, 15) is 9.59 Å². The summed E-state index contributed by atoms with van der Waals surface area (Å²) < 4.78 is 4.95. The van der Waals surface area contributed by atoms with Gasteiger partial charge in [0.1, 0.15) is 0 Å². The molecule has 116 valence electrons. The number of carboxylic acids is 1. The van der Waals surface area contributed by atoms with Crippen molar-refractivity contribution in [3.8, 4) is 0 Å². The molecule has 0 aromatic heterocycles. The minimum Gasteiger partial charge on any atom is -0.481 e. The van der Waals surface area contributed by atoms with E-state index in [4.69, 9.17) is 9.84 Å². The smallest absolute Gasteiger partial charge is 0.315 e. The van der Waals surface area contributed by atoms with Crippen molar-refractivity contribution >= 4 is 12.0 Å². The number of benzene rings is 1. The van der Waals surface area contributed by atoms with Crippen LogP contribution in [0.15, 0.2) is 24.3 Å². The lowest BCUT2D eigenvalue weighted by Crippen LogP contribution is -2.41. The molecule has 0 radical (unpaired) electrons. The van der Waals surface area contributed by atoms with Crippen molar-refractivity contribution in [3.63, 3.8) is 0 Å². The molecule has 1 atom stereocenters. The fourth-order valence-corrected chi connectivity index (χ4v) is 1.88. The lowest BCUT2D eigenvalue weighted by atomic mass is 10.0. The van der Waals surface area contributed by atoms with Crippen molar-refractivity contribution in [2.75, 3.05) is 13.7 Å². The summed E-state index contributed by atoms with van der Waals surface area (Å²) >= 11 is 0. The molecule has 0 saturated heterocycles. The highest BCUT2D eigenvalue weighted by Crippen LogP contribution is 2.09. The summed E-state index contributed by atoms with van der Waals surface area (Å²) in [6.45, 7) is 2.78. The Balaban J connectivity index is 2.47. The van der Waals surface area contributed by atoms with E-state index in [1.54, 1.807) is 19.2 Å². The van der Waals surface area contributed by atoms with Crippen LogP contribution in [0.2, 0.25) is 0 Å². The lowest BCUT2D eigenvalue weighted by molar-refractivity contribution is -0.136. The van der Waals surface area contributed by atoms with E-state index in [1.165, 1.54) is 0 Å². The van der Waals surface area contributed by atoms with Crippen LogP contribution in [-0.4, -0.2) is 36.9 Å². The molecule has 0 heterocycles. The molecule has 2 amide bonds. The highest BCUT2D eigenvalue weighted by atomic mass is 16.5. The Bertz CT molecular complexity index is 476. The molecule has 0 aliphatic carbocycles. The molecule has 6 heteroatoms. The highest BCUT2D eigenvalue weighted by molar-refractivity contribution is 5.74. The molecular formula is C15H22N2O4. The molecule has 1 aromatic rings. The zero-order chi connectivity index (χ0) is 15.7. The van der Waals surface area contributed by atoms with Crippen molar-refractivity contribution in [2.45, 2.75) is 32.4 Å². The molecule has 1 aromatic carbocycles. The predicted octanol–water partition coefficient (Wildman–Crippen LogP) is 1.54. The lowest BCUT2D eigenvalue weighted by Gasteiger charge is -2.15. The average Bonchev–Trinajstić information content (AvgIpc) is 2.43. The Morgan fingerprint density at radius 2 is 1.95 bits per heavy atom. The Morgan fingerprint density at radius 3 is 2.57 bits per heavy atom. The van der Waals surface area contributed by atoms with Gasteiger partial charge < -0.3 is 20.5 Å². The summed E-state index contributed by atoms with van der Waals surface area (Å²) in [7, 11) is 1.62. The van der Waals surface area contributed by atoms with Crippen molar-refractivity contribution in [1.82, 2.24) is 10.6 Å². The molecule has 0 aliphatic heterocycles. The number of urea groups is 1. The van der Waals surface area contributed by atoms with Crippen molar-refractivity contribution in [2.24, 2.45) is 0 Å². The monoisotopic (exact) mass is 294 g/mol. The van der Waals surface area contributed by atoms with Gasteiger partial charge in [-0.25, -0.2) is 4.79 Å². The second kappa shape index (κ2) is 8.97. The Kier molecular flexibility index (Phi) is 7.25. The summed E-state index contributed by atoms with van der Waals surface area (Å²) in [6.07, 6.45) is 0.684. The zero-order valence-electron chi connectivity index (χ0n) is 12.4. The van der Waals surface area contributed by atoms with E-state index in [2.05, 4.69) is 10.6 Å². The van der Waals surface area contributed by atoms with Crippen LogP contribution in [-0.2, 0) is 22.5 Å². The number of hydrogen-bond donors (Lipinski definition) is 3. The summed E-state index contributed by atoms with van der Waals surface area (Å²) in [5, 5.41) is 14.4. The van der Waals surface area contributed by atoms with Crippen LogP contribution in [0.4, 0.5) is 4.79 Å². The zero-order valence-corrected chi connectivity index (χ0v) is 12.4. The number of carbonyl (C=O) groups excluding carboxylic acids is 1. The van der Waals surface area contributed by atoms with E-state index >= 15 is 0 Å². The van der Waals surface area contributed by atoms with Gasteiger partial charge in [-0.05, 0) is 24.5 Å². The summed E-state index contributed by atoms with van der Waals surface area (Å²) in [6, 6.07) is 6.91. The van der Waals surface area contributed by atoms with E-state index in [0.29, 0.717) is 18.7 Å². The minimum absolute atomic E-state index is 0.0132. The number of ether oxygens (including phenoxy) is 1. The molecular weight excluding hydrogens is 272 g/mol. The van der Waals surface area contributed by atoms with E-state index in [0.717, 1.165) is 12.0 Å². The van der Waals surface area contributed by atoms with Crippen LogP contribution in [0.3, 0.4) is 0 Å². The minimum atomic E-state index is -0.889. The van der Waals surface area contributed by atoms with Crippen LogP contribution in [0.1, 0.15) is 24.5 Å². The molecule has 3 N–H and O–H groups in total. The quantitative estimate of drug-likeness (QED) is 0.678. The van der Waals surface area contributed by atoms with Gasteiger partial charge in [0.25, 0.3) is 0 Å². The molecule has 21 heavy (non-hydrogen) atoms. The fourth-order valence-electron chi connectivity index (χ4n) is 1.88. The first-order valence-corrected chi connectivity index (χ1v) is 6.84. The first-order valence-electron chi connectivity index (χ1n) is 6.84. The Labute approximate surface area is 124 Å². The second-order valence-corrected chi connectivity index (χ2v) is 4.85. The summed E-state index contributed by atoms with van der Waals surface area (Å²) in [5.74, 6) is -0.889. The second-order valence-electron chi connectivity index (χ2n) is 4.85. The number of carboxylic acid groups (broad SMARTS) is 1. The number of nitrogens with one attached hydrogen (secondary N) is 2. The van der Waals surface area contributed by atoms with Crippen LogP contribution in [0.25, 0.3) is 0 Å². The standard InChI is InChI=1S/C15H22N2O4/c1-11(7-8-21-2)17-15(20)16-10-13-6-4-3-5-12(13)9-14(18)19/h3-6,11H,7-10H2,1-2H3,(H,18,19)(H2,16,17,20). The van der Waals surface area contributed by atoms with Crippen molar-refractivity contribution in [3.05, 3.63) is 35.4 Å². The normalized spacial score (nSPS) is 11.7. The van der Waals surface area contributed by atoms with Crippen LogP contribution in [0.5, 0.6) is 0 Å². The van der Waals surface area contributed by atoms with Crippen molar-refractivity contribution < 1.29 is 19.4 Å². The van der Waals surface area contributed by atoms with Crippen molar-refractivity contribution in [1.29, 1.82) is 0 Å². The van der Waals surface area contributed by atoms with Gasteiger partial charge >= 0.3 is 12.0 Å². The van der Waals surface area contributed by atoms with Crippen LogP contribution >= 0.6 is 0 Å². The van der Waals surface area contributed by atoms with Gasteiger partial charge in [-0.1, -0.05) is 24.3 Å². The third-order valence-corrected chi connectivity index (χ3v) is 3.03. The van der Waals surface area contributed by atoms with Gasteiger partial charge in [0.15, 0.2) is 0 Å². The maximum absolute atomic E-state index is 11.7. The van der Waals surface area contributed by atoms with Gasteiger partial charge in [0.05, 0.1) is 6.42 Å². The van der Waals surface area contributed by atoms with Crippen LogP contribution < -0.4 is 10.6 Å². The first-order chi connectivity index (χ1) is 10.0. The fraction of sp³-hybridized carbons (Fsp3) is 0.467. The van der Waals surface area contributed by atoms with Gasteiger partial charge in [0.2, 0.25) is 0 Å². The molecule has 0 fully saturated rings. The molecule has 6 nitrogen and oxygen atoms in total. The summed E-state index contributed by atoms with van der Waals surface area (Å²) in [4.78, 5) is 22.5. The summed E-state index contributed by atoms with van der Waals surface area (Å²) in [5.41, 5.74) is 1.51. The van der Waals surface area contributed by atoms with Gasteiger partial charge in [-0.15, -0.1) is 0 Å². The topological polar surface area (TPSA) is 87.7 Å².